The monoisotopic (exact) mass is 271 g/mol. The summed E-state index contributed by atoms with van der Waals surface area (Å²) in [5.74, 6) is -0.345. The number of aromatic nitrogens is 1. The van der Waals surface area contributed by atoms with E-state index in [9.17, 15) is 9.50 Å². The maximum atomic E-state index is 12.9. The van der Waals surface area contributed by atoms with Crippen LogP contribution in [0.15, 0.2) is 23.6 Å². The minimum atomic E-state index is -0.566. The second-order valence-electron chi connectivity index (χ2n) is 3.75. The number of nitrogens with zero attached hydrogens (tertiary/aromatic N) is 1. The van der Waals surface area contributed by atoms with Gasteiger partial charge in [0, 0.05) is 16.8 Å². The van der Waals surface area contributed by atoms with E-state index in [2.05, 4.69) is 4.98 Å². The summed E-state index contributed by atoms with van der Waals surface area (Å²) in [6.45, 7) is 1.67. The lowest BCUT2D eigenvalue weighted by atomic mass is 10.1. The largest absolute Gasteiger partial charge is 0.387 e. The number of aliphatic hydroxyl groups excluding tert-OH is 1. The van der Waals surface area contributed by atoms with Crippen molar-refractivity contribution in [1.29, 1.82) is 0 Å². The summed E-state index contributed by atoms with van der Waals surface area (Å²) in [6, 6.07) is 4.32. The Hall–Kier alpha value is -0.970. The summed E-state index contributed by atoms with van der Waals surface area (Å²) in [6.07, 6.45) is -0.0139. The van der Waals surface area contributed by atoms with Gasteiger partial charge in [0.05, 0.1) is 16.8 Å². The van der Waals surface area contributed by atoms with E-state index in [4.69, 9.17) is 11.6 Å². The molecule has 17 heavy (non-hydrogen) atoms. The number of rotatable bonds is 3. The standard InChI is InChI=1S/C12H11ClFNOS/c1-7(16)11-6-17-12(15-11)4-8-2-3-9(14)5-10(8)13/h2-3,5-7,16H,4H2,1H3. The van der Waals surface area contributed by atoms with Gasteiger partial charge in [0.25, 0.3) is 0 Å². The third kappa shape index (κ3) is 3.03. The molecule has 0 aliphatic carbocycles. The fourth-order valence-corrected chi connectivity index (χ4v) is 2.56. The Balaban J connectivity index is 2.19. The highest BCUT2D eigenvalue weighted by Gasteiger charge is 2.09. The second kappa shape index (κ2) is 5.12. The number of hydrogen-bond donors (Lipinski definition) is 1. The van der Waals surface area contributed by atoms with Gasteiger partial charge in [0.15, 0.2) is 0 Å². The molecule has 5 heteroatoms. The average Bonchev–Trinajstić information content (AvgIpc) is 2.71. The first-order chi connectivity index (χ1) is 8.06. The van der Waals surface area contributed by atoms with E-state index >= 15 is 0 Å². The molecule has 0 saturated heterocycles. The van der Waals surface area contributed by atoms with Crippen LogP contribution in [-0.4, -0.2) is 10.1 Å². The minimum absolute atomic E-state index is 0.345. The summed E-state index contributed by atoms with van der Waals surface area (Å²) in [5.41, 5.74) is 1.49. The molecule has 0 saturated carbocycles. The van der Waals surface area contributed by atoms with Crippen LogP contribution in [0.3, 0.4) is 0 Å². The first-order valence-corrected chi connectivity index (χ1v) is 6.38. The molecule has 1 atom stereocenters. The van der Waals surface area contributed by atoms with Crippen molar-refractivity contribution in [3.63, 3.8) is 0 Å². The Kier molecular flexibility index (Phi) is 3.76. The fraction of sp³-hybridized carbons (Fsp3) is 0.250. The SMILES string of the molecule is CC(O)c1csc(Cc2ccc(F)cc2Cl)n1. The van der Waals surface area contributed by atoms with Crippen LogP contribution in [0, 0.1) is 5.82 Å². The van der Waals surface area contributed by atoms with Crippen LogP contribution < -0.4 is 0 Å². The van der Waals surface area contributed by atoms with Gasteiger partial charge in [0.1, 0.15) is 5.82 Å². The second-order valence-corrected chi connectivity index (χ2v) is 5.10. The van der Waals surface area contributed by atoms with Gasteiger partial charge in [-0.05, 0) is 24.6 Å². The number of hydrogen-bond acceptors (Lipinski definition) is 3. The summed E-state index contributed by atoms with van der Waals surface area (Å²) < 4.78 is 12.9. The van der Waals surface area contributed by atoms with E-state index in [1.54, 1.807) is 13.0 Å². The third-order valence-corrected chi connectivity index (χ3v) is 3.57. The Bertz CT molecular complexity index is 527. The molecular formula is C12H11ClFNOS. The Morgan fingerprint density at radius 1 is 1.53 bits per heavy atom. The van der Waals surface area contributed by atoms with Gasteiger partial charge in [-0.1, -0.05) is 17.7 Å². The van der Waals surface area contributed by atoms with Gasteiger partial charge in [0.2, 0.25) is 0 Å². The Labute approximate surface area is 108 Å². The van der Waals surface area contributed by atoms with Crippen molar-refractivity contribution in [2.24, 2.45) is 0 Å². The highest BCUT2D eigenvalue weighted by atomic mass is 35.5. The van der Waals surface area contributed by atoms with Crippen LogP contribution in [0.2, 0.25) is 5.02 Å². The molecule has 0 aliphatic heterocycles. The van der Waals surface area contributed by atoms with Crippen LogP contribution in [0.4, 0.5) is 4.39 Å². The van der Waals surface area contributed by atoms with Crippen LogP contribution >= 0.6 is 22.9 Å². The average molecular weight is 272 g/mol. The van der Waals surface area contributed by atoms with Crippen molar-refractivity contribution in [3.8, 4) is 0 Å². The van der Waals surface area contributed by atoms with Crippen LogP contribution in [0.5, 0.6) is 0 Å². The predicted molar refractivity (Wildman–Crippen MR) is 67.0 cm³/mol. The van der Waals surface area contributed by atoms with E-state index in [1.807, 2.05) is 5.38 Å². The van der Waals surface area contributed by atoms with E-state index in [0.717, 1.165) is 10.6 Å². The summed E-state index contributed by atoms with van der Waals surface area (Å²) >= 11 is 7.40. The van der Waals surface area contributed by atoms with Crippen molar-refractivity contribution in [1.82, 2.24) is 4.98 Å². The molecule has 1 aromatic heterocycles. The Morgan fingerprint density at radius 2 is 2.29 bits per heavy atom. The predicted octanol–water partition coefficient (Wildman–Crippen LogP) is 3.58. The van der Waals surface area contributed by atoms with Crippen molar-refractivity contribution < 1.29 is 9.50 Å². The third-order valence-electron chi connectivity index (χ3n) is 2.35. The van der Waals surface area contributed by atoms with Crippen molar-refractivity contribution >= 4 is 22.9 Å². The molecule has 0 amide bonds. The number of thiazole rings is 1. The van der Waals surface area contributed by atoms with Crippen molar-refractivity contribution in [2.45, 2.75) is 19.4 Å². The van der Waals surface area contributed by atoms with Gasteiger partial charge in [-0.25, -0.2) is 9.37 Å². The molecule has 0 radical (unpaired) electrons. The van der Waals surface area contributed by atoms with Gasteiger partial charge in [-0.15, -0.1) is 11.3 Å². The first-order valence-electron chi connectivity index (χ1n) is 5.12. The fourth-order valence-electron chi connectivity index (χ4n) is 1.43. The molecule has 2 nitrogen and oxygen atoms in total. The molecule has 1 unspecified atom stereocenters. The van der Waals surface area contributed by atoms with E-state index in [-0.39, 0.29) is 5.82 Å². The maximum Gasteiger partial charge on any atom is 0.124 e. The molecule has 0 fully saturated rings. The minimum Gasteiger partial charge on any atom is -0.387 e. The molecule has 0 bridgehead atoms. The smallest absolute Gasteiger partial charge is 0.124 e. The van der Waals surface area contributed by atoms with Crippen LogP contribution in [0.25, 0.3) is 0 Å². The topological polar surface area (TPSA) is 33.1 Å². The van der Waals surface area contributed by atoms with Crippen LogP contribution in [0.1, 0.15) is 29.3 Å². The lowest BCUT2D eigenvalue weighted by Crippen LogP contribution is -1.93. The normalized spacial score (nSPS) is 12.7. The van der Waals surface area contributed by atoms with E-state index in [0.29, 0.717) is 17.1 Å². The quantitative estimate of drug-likeness (QED) is 0.926. The molecule has 90 valence electrons. The molecule has 1 N–H and O–H groups in total. The van der Waals surface area contributed by atoms with Crippen molar-refractivity contribution in [2.75, 3.05) is 0 Å². The summed E-state index contributed by atoms with van der Waals surface area (Å²) in [5, 5.41) is 12.4. The molecule has 2 aromatic rings. The molecule has 0 spiro atoms. The highest BCUT2D eigenvalue weighted by molar-refractivity contribution is 7.09. The zero-order valence-electron chi connectivity index (χ0n) is 9.15. The lowest BCUT2D eigenvalue weighted by molar-refractivity contribution is 0.195. The highest BCUT2D eigenvalue weighted by Crippen LogP contribution is 2.23. The lowest BCUT2D eigenvalue weighted by Gasteiger charge is -2.02. The molecule has 1 aromatic carbocycles. The van der Waals surface area contributed by atoms with Crippen LogP contribution in [-0.2, 0) is 6.42 Å². The van der Waals surface area contributed by atoms with Gasteiger partial charge < -0.3 is 5.11 Å². The zero-order valence-corrected chi connectivity index (χ0v) is 10.7. The number of benzene rings is 1. The van der Waals surface area contributed by atoms with E-state index < -0.39 is 6.10 Å². The first kappa shape index (κ1) is 12.5. The zero-order chi connectivity index (χ0) is 12.4. The number of aliphatic hydroxyl groups is 1. The van der Waals surface area contributed by atoms with E-state index in [1.165, 1.54) is 23.5 Å². The summed E-state index contributed by atoms with van der Waals surface area (Å²) in [7, 11) is 0. The van der Waals surface area contributed by atoms with Gasteiger partial charge in [-0.3, -0.25) is 0 Å². The molecule has 1 heterocycles. The number of halogens is 2. The summed E-state index contributed by atoms with van der Waals surface area (Å²) in [4.78, 5) is 4.28. The molecule has 2 rings (SSSR count). The van der Waals surface area contributed by atoms with Gasteiger partial charge >= 0.3 is 0 Å². The molecular weight excluding hydrogens is 261 g/mol. The molecule has 0 aliphatic rings. The van der Waals surface area contributed by atoms with Gasteiger partial charge in [-0.2, -0.15) is 0 Å². The van der Waals surface area contributed by atoms with Crippen molar-refractivity contribution in [3.05, 3.63) is 50.7 Å². The maximum absolute atomic E-state index is 12.9. The Morgan fingerprint density at radius 3 is 2.88 bits per heavy atom.